The molecule has 1 aliphatic carbocycles. The quantitative estimate of drug-likeness (QED) is 0.843. The second-order valence-corrected chi connectivity index (χ2v) is 7.52. The van der Waals surface area contributed by atoms with Gasteiger partial charge in [0.25, 0.3) is 0 Å². The van der Waals surface area contributed by atoms with Gasteiger partial charge in [0.05, 0.1) is 18.7 Å². The van der Waals surface area contributed by atoms with Gasteiger partial charge in [-0.25, -0.2) is 0 Å². The van der Waals surface area contributed by atoms with Gasteiger partial charge >= 0.3 is 0 Å². The zero-order chi connectivity index (χ0) is 16.9. The lowest BCUT2D eigenvalue weighted by Gasteiger charge is -2.26. The van der Waals surface area contributed by atoms with Crippen LogP contribution in [0.2, 0.25) is 0 Å². The molecule has 2 aliphatic rings. The molecule has 0 radical (unpaired) electrons. The average molecular weight is 330 g/mol. The molecule has 0 aromatic heterocycles. The Morgan fingerprint density at radius 3 is 2.54 bits per heavy atom. The largest absolute Gasteiger partial charge is 0.393 e. The first-order chi connectivity index (χ1) is 11.6. The van der Waals surface area contributed by atoms with Crippen LogP contribution in [0, 0.1) is 11.8 Å². The van der Waals surface area contributed by atoms with E-state index < -0.39 is 0 Å². The number of hydrogen-bond donors (Lipinski definition) is 2. The van der Waals surface area contributed by atoms with Crippen LogP contribution < -0.4 is 5.32 Å². The molecule has 0 bridgehead atoms. The van der Waals surface area contributed by atoms with Crippen LogP contribution in [-0.4, -0.2) is 41.7 Å². The van der Waals surface area contributed by atoms with Crippen LogP contribution in [0.4, 0.5) is 0 Å². The molecule has 0 spiro atoms. The van der Waals surface area contributed by atoms with Crippen LogP contribution >= 0.6 is 0 Å². The Hall–Kier alpha value is -1.39. The minimum atomic E-state index is -0.284. The maximum atomic E-state index is 12.6. The first kappa shape index (κ1) is 17.4. The highest BCUT2D eigenvalue weighted by molar-refractivity contribution is 5.78. The van der Waals surface area contributed by atoms with Crippen molar-refractivity contribution < 1.29 is 9.90 Å². The number of benzene rings is 1. The van der Waals surface area contributed by atoms with Crippen molar-refractivity contribution in [3.63, 3.8) is 0 Å². The molecule has 1 aromatic carbocycles. The van der Waals surface area contributed by atoms with E-state index in [-0.39, 0.29) is 18.1 Å². The Labute approximate surface area is 145 Å². The number of nitrogens with one attached hydrogen (secondary N) is 1. The molecule has 3 rings (SSSR count). The number of likely N-dealkylation sites (tertiary alicyclic amines) is 1. The Bertz CT molecular complexity index is 526. The third-order valence-electron chi connectivity index (χ3n) is 5.70. The smallest absolute Gasteiger partial charge is 0.234 e. The number of aliphatic hydroxyl groups is 1. The fourth-order valence-corrected chi connectivity index (χ4v) is 4.25. The summed E-state index contributed by atoms with van der Waals surface area (Å²) in [4.78, 5) is 14.8. The van der Waals surface area contributed by atoms with E-state index in [0.29, 0.717) is 18.4 Å². The number of nitrogens with zero attached hydrogens (tertiary/aromatic N) is 1. The van der Waals surface area contributed by atoms with Crippen molar-refractivity contribution in [3.05, 3.63) is 35.9 Å². The van der Waals surface area contributed by atoms with Crippen molar-refractivity contribution in [2.24, 2.45) is 11.8 Å². The van der Waals surface area contributed by atoms with E-state index in [1.807, 2.05) is 13.0 Å². The van der Waals surface area contributed by atoms with Crippen molar-refractivity contribution in [2.45, 2.75) is 51.2 Å². The van der Waals surface area contributed by atoms with Gasteiger partial charge in [-0.15, -0.1) is 0 Å². The predicted octanol–water partition coefficient (Wildman–Crippen LogP) is 2.74. The third-order valence-corrected chi connectivity index (χ3v) is 5.70. The van der Waals surface area contributed by atoms with Gasteiger partial charge in [-0.05, 0) is 50.1 Å². The first-order valence-electron chi connectivity index (χ1n) is 9.38. The van der Waals surface area contributed by atoms with Crippen LogP contribution in [0.25, 0.3) is 0 Å². The Balaban J connectivity index is 1.59. The van der Waals surface area contributed by atoms with Crippen molar-refractivity contribution in [3.8, 4) is 0 Å². The molecule has 1 aliphatic heterocycles. The molecule has 1 aromatic rings. The summed E-state index contributed by atoms with van der Waals surface area (Å²) < 4.78 is 0. The summed E-state index contributed by atoms with van der Waals surface area (Å²) in [5.74, 6) is 0.972. The highest BCUT2D eigenvalue weighted by atomic mass is 16.3. The number of carbonyl (C=O) groups is 1. The summed E-state index contributed by atoms with van der Waals surface area (Å²) in [6.07, 6.45) is 5.64. The van der Waals surface area contributed by atoms with Gasteiger partial charge < -0.3 is 10.4 Å². The number of rotatable bonds is 6. The SMILES string of the molecule is CC(O)C1CCN(CC(=O)NC(c2ccccc2)C2CCCC2)C1. The Kier molecular flexibility index (Phi) is 5.90. The number of hydrogen-bond acceptors (Lipinski definition) is 3. The zero-order valence-corrected chi connectivity index (χ0v) is 14.7. The number of aliphatic hydroxyl groups excluding tert-OH is 1. The van der Waals surface area contributed by atoms with E-state index in [1.165, 1.54) is 31.2 Å². The van der Waals surface area contributed by atoms with E-state index in [9.17, 15) is 9.90 Å². The normalized spacial score (nSPS) is 24.8. The van der Waals surface area contributed by atoms with Crippen LogP contribution in [-0.2, 0) is 4.79 Å². The van der Waals surface area contributed by atoms with Crippen LogP contribution in [0.3, 0.4) is 0 Å². The van der Waals surface area contributed by atoms with E-state index in [1.54, 1.807) is 0 Å². The Morgan fingerprint density at radius 2 is 1.92 bits per heavy atom. The monoisotopic (exact) mass is 330 g/mol. The van der Waals surface area contributed by atoms with Crippen molar-refractivity contribution in [1.29, 1.82) is 0 Å². The Morgan fingerprint density at radius 1 is 1.21 bits per heavy atom. The second kappa shape index (κ2) is 8.13. The van der Waals surface area contributed by atoms with E-state index in [4.69, 9.17) is 0 Å². The number of carbonyl (C=O) groups excluding carboxylic acids is 1. The van der Waals surface area contributed by atoms with Crippen molar-refractivity contribution >= 4 is 5.91 Å². The molecule has 1 saturated heterocycles. The minimum absolute atomic E-state index is 0.113. The lowest BCUT2D eigenvalue weighted by molar-refractivity contribution is -0.123. The molecule has 2 N–H and O–H groups in total. The molecule has 1 heterocycles. The van der Waals surface area contributed by atoms with Gasteiger partial charge in [-0.1, -0.05) is 43.2 Å². The third kappa shape index (κ3) is 4.37. The van der Waals surface area contributed by atoms with E-state index in [2.05, 4.69) is 34.5 Å². The molecule has 132 valence electrons. The summed E-state index contributed by atoms with van der Waals surface area (Å²) in [5, 5.41) is 13.0. The van der Waals surface area contributed by atoms with Crippen LogP contribution in [0.5, 0.6) is 0 Å². The van der Waals surface area contributed by atoms with Gasteiger partial charge in [0.2, 0.25) is 5.91 Å². The van der Waals surface area contributed by atoms with Gasteiger partial charge in [0.15, 0.2) is 0 Å². The standard InChI is InChI=1S/C20H30N2O2/c1-15(23)18-11-12-22(13-18)14-19(24)21-20(17-9-5-6-10-17)16-7-3-2-4-8-16/h2-4,7-8,15,17-18,20,23H,5-6,9-14H2,1H3,(H,21,24). The molecule has 3 atom stereocenters. The molecule has 1 amide bonds. The van der Waals surface area contributed by atoms with E-state index in [0.717, 1.165) is 19.5 Å². The molecule has 1 saturated carbocycles. The fraction of sp³-hybridized carbons (Fsp3) is 0.650. The van der Waals surface area contributed by atoms with Crippen molar-refractivity contribution in [2.75, 3.05) is 19.6 Å². The summed E-state index contributed by atoms with van der Waals surface area (Å²) in [7, 11) is 0. The molecule has 2 fully saturated rings. The maximum absolute atomic E-state index is 12.6. The van der Waals surface area contributed by atoms with Crippen molar-refractivity contribution in [1.82, 2.24) is 10.2 Å². The highest BCUT2D eigenvalue weighted by Gasteiger charge is 2.30. The zero-order valence-electron chi connectivity index (χ0n) is 14.7. The van der Waals surface area contributed by atoms with E-state index >= 15 is 0 Å². The summed E-state index contributed by atoms with van der Waals surface area (Å²) in [6.45, 7) is 4.02. The minimum Gasteiger partial charge on any atom is -0.393 e. The summed E-state index contributed by atoms with van der Waals surface area (Å²) in [5.41, 5.74) is 1.22. The average Bonchev–Trinajstić information content (AvgIpc) is 3.25. The second-order valence-electron chi connectivity index (χ2n) is 7.52. The molecule has 3 unspecified atom stereocenters. The molecule has 4 nitrogen and oxygen atoms in total. The van der Waals surface area contributed by atoms with Gasteiger partial charge in [-0.3, -0.25) is 9.69 Å². The summed E-state index contributed by atoms with van der Waals surface area (Å²) >= 11 is 0. The lowest BCUT2D eigenvalue weighted by atomic mass is 9.91. The highest BCUT2D eigenvalue weighted by Crippen LogP contribution is 2.35. The maximum Gasteiger partial charge on any atom is 0.234 e. The van der Waals surface area contributed by atoms with Gasteiger partial charge in [-0.2, -0.15) is 0 Å². The molecule has 24 heavy (non-hydrogen) atoms. The summed E-state index contributed by atoms with van der Waals surface area (Å²) in [6, 6.07) is 10.5. The molecular formula is C20H30N2O2. The predicted molar refractivity (Wildman–Crippen MR) is 95.5 cm³/mol. The topological polar surface area (TPSA) is 52.6 Å². The van der Waals surface area contributed by atoms with Crippen LogP contribution in [0.1, 0.15) is 50.6 Å². The fourth-order valence-electron chi connectivity index (χ4n) is 4.25. The molecule has 4 heteroatoms. The lowest BCUT2D eigenvalue weighted by Crippen LogP contribution is -2.40. The first-order valence-corrected chi connectivity index (χ1v) is 9.38. The van der Waals surface area contributed by atoms with Gasteiger partial charge in [0, 0.05) is 6.54 Å². The molecular weight excluding hydrogens is 300 g/mol. The number of amides is 1. The van der Waals surface area contributed by atoms with Gasteiger partial charge in [0.1, 0.15) is 0 Å². The van der Waals surface area contributed by atoms with Crippen LogP contribution in [0.15, 0.2) is 30.3 Å².